The van der Waals surface area contributed by atoms with E-state index in [0.717, 1.165) is 5.56 Å². The number of fused-ring (bicyclic) bond motifs is 1. The van der Waals surface area contributed by atoms with Crippen LogP contribution in [0.25, 0.3) is 17.2 Å². The van der Waals surface area contributed by atoms with E-state index in [4.69, 9.17) is 0 Å². The zero-order valence-electron chi connectivity index (χ0n) is 16.5. The third-order valence-electron chi connectivity index (χ3n) is 4.74. The zero-order chi connectivity index (χ0) is 20.6. The minimum absolute atomic E-state index is 0.0605. The van der Waals surface area contributed by atoms with Gasteiger partial charge in [0.05, 0.1) is 17.9 Å². The first-order valence-electron chi connectivity index (χ1n) is 9.39. The molecule has 0 aliphatic carbocycles. The summed E-state index contributed by atoms with van der Waals surface area (Å²) in [4.78, 5) is 21.3. The van der Waals surface area contributed by atoms with Crippen molar-refractivity contribution in [1.82, 2.24) is 19.6 Å². The summed E-state index contributed by atoms with van der Waals surface area (Å²) >= 11 is 0. The van der Waals surface area contributed by atoms with Gasteiger partial charge in [0.25, 0.3) is 11.3 Å². The minimum atomic E-state index is -0.356. The molecule has 148 valence electrons. The second-order valence-corrected chi connectivity index (χ2v) is 7.95. The van der Waals surface area contributed by atoms with Crippen LogP contribution < -0.4 is 10.9 Å². The van der Waals surface area contributed by atoms with Crippen LogP contribution in [0.4, 0.5) is 10.1 Å². The molecule has 0 atom stereocenters. The Kier molecular flexibility index (Phi) is 4.66. The molecule has 2 heterocycles. The number of H-pyrrole nitrogens is 1. The largest absolute Gasteiger partial charge is 0.377 e. The molecule has 0 unspecified atom stereocenters. The highest BCUT2D eigenvalue weighted by molar-refractivity contribution is 5.57. The minimum Gasteiger partial charge on any atom is -0.377 e. The molecule has 2 N–H and O–H groups in total. The van der Waals surface area contributed by atoms with Crippen LogP contribution in [0.15, 0.2) is 59.4 Å². The molecule has 0 amide bonds. The molecule has 4 aromatic rings. The molecule has 0 spiro atoms. The Labute approximate surface area is 167 Å². The molecule has 2 aromatic carbocycles. The molecule has 6 nitrogen and oxygen atoms in total. The van der Waals surface area contributed by atoms with Gasteiger partial charge in [-0.05, 0) is 23.1 Å². The van der Waals surface area contributed by atoms with Crippen LogP contribution >= 0.6 is 0 Å². The first kappa shape index (κ1) is 18.9. The Morgan fingerprint density at radius 3 is 2.48 bits per heavy atom. The summed E-state index contributed by atoms with van der Waals surface area (Å²) in [5, 5.41) is 5.95. The van der Waals surface area contributed by atoms with Crippen molar-refractivity contribution in [1.29, 1.82) is 0 Å². The van der Waals surface area contributed by atoms with Gasteiger partial charge < -0.3 is 5.32 Å². The number of rotatable bonds is 4. The highest BCUT2D eigenvalue weighted by atomic mass is 19.1. The Hall–Kier alpha value is -3.48. The van der Waals surface area contributed by atoms with Gasteiger partial charge in [-0.3, -0.25) is 9.89 Å². The third-order valence-corrected chi connectivity index (χ3v) is 4.74. The summed E-state index contributed by atoms with van der Waals surface area (Å²) in [5.74, 6) is 0.484. The van der Waals surface area contributed by atoms with Gasteiger partial charge in [-0.15, -0.1) is 0 Å². The summed E-state index contributed by atoms with van der Waals surface area (Å²) in [6.45, 7) is 6.69. The van der Waals surface area contributed by atoms with Crippen molar-refractivity contribution in [2.24, 2.45) is 0 Å². The summed E-state index contributed by atoms with van der Waals surface area (Å²) in [6.07, 6.45) is 0. The molecule has 0 radical (unpaired) electrons. The lowest BCUT2D eigenvalue weighted by atomic mass is 9.87. The number of para-hydroxylation sites is 1. The average molecular weight is 391 g/mol. The second kappa shape index (κ2) is 7.16. The predicted molar refractivity (Wildman–Crippen MR) is 111 cm³/mol. The first-order valence-corrected chi connectivity index (χ1v) is 9.39. The molecular weight excluding hydrogens is 369 g/mol. The van der Waals surface area contributed by atoms with Gasteiger partial charge in [0, 0.05) is 11.6 Å². The van der Waals surface area contributed by atoms with Gasteiger partial charge in [-0.25, -0.2) is 9.37 Å². The Morgan fingerprint density at radius 2 is 1.79 bits per heavy atom. The van der Waals surface area contributed by atoms with E-state index < -0.39 is 0 Å². The maximum absolute atomic E-state index is 13.8. The number of halogens is 1. The summed E-state index contributed by atoms with van der Waals surface area (Å²) in [5.41, 5.74) is 2.72. The molecule has 0 saturated carbocycles. The van der Waals surface area contributed by atoms with Crippen LogP contribution in [-0.4, -0.2) is 19.6 Å². The molecule has 29 heavy (non-hydrogen) atoms. The molecule has 0 bridgehead atoms. The van der Waals surface area contributed by atoms with E-state index in [1.165, 1.54) is 22.2 Å². The second-order valence-electron chi connectivity index (χ2n) is 7.95. The fourth-order valence-corrected chi connectivity index (χ4v) is 3.07. The highest BCUT2D eigenvalue weighted by Gasteiger charge is 2.14. The zero-order valence-corrected chi connectivity index (χ0v) is 16.5. The van der Waals surface area contributed by atoms with Crippen molar-refractivity contribution < 1.29 is 4.39 Å². The summed E-state index contributed by atoms with van der Waals surface area (Å²) < 4.78 is 15.1. The van der Waals surface area contributed by atoms with Gasteiger partial charge >= 0.3 is 0 Å². The Balaban J connectivity index is 1.62. The monoisotopic (exact) mass is 391 g/mol. The number of aromatic amines is 1. The van der Waals surface area contributed by atoms with Crippen LogP contribution in [0, 0.1) is 5.82 Å². The standard InChI is InChI=1S/C22H22FN5O/c1-22(2,3)15-10-8-14(9-11-15)20-26-21-25-16(12-19(29)28(21)27-20)13-24-18-7-5-4-6-17(18)23/h4-12,24H,13H2,1-3H3,(H,25,26,27). The molecule has 0 saturated heterocycles. The molecule has 2 aromatic heterocycles. The number of nitrogens with zero attached hydrogens (tertiary/aromatic N) is 3. The fourth-order valence-electron chi connectivity index (χ4n) is 3.07. The highest BCUT2D eigenvalue weighted by Crippen LogP contribution is 2.24. The number of hydrogen-bond donors (Lipinski definition) is 2. The SMILES string of the molecule is CC(C)(C)c1ccc(-c2nc3nc(CNc4ccccc4F)cc(=O)n3[nH]2)cc1. The van der Waals surface area contributed by atoms with Gasteiger partial charge in [-0.1, -0.05) is 57.2 Å². The predicted octanol–water partition coefficient (Wildman–Crippen LogP) is 4.13. The molecule has 4 rings (SSSR count). The van der Waals surface area contributed by atoms with Crippen LogP contribution in [0.5, 0.6) is 0 Å². The lowest BCUT2D eigenvalue weighted by Crippen LogP contribution is -2.17. The van der Waals surface area contributed by atoms with Crippen molar-refractivity contribution >= 4 is 11.5 Å². The summed E-state index contributed by atoms with van der Waals surface area (Å²) in [7, 11) is 0. The van der Waals surface area contributed by atoms with Crippen LogP contribution in [0.2, 0.25) is 0 Å². The number of nitrogens with one attached hydrogen (secondary N) is 2. The van der Waals surface area contributed by atoms with Gasteiger partial charge in [0.15, 0.2) is 5.82 Å². The van der Waals surface area contributed by atoms with Crippen LogP contribution in [0.1, 0.15) is 32.0 Å². The summed E-state index contributed by atoms with van der Waals surface area (Å²) in [6, 6.07) is 15.8. The Bertz CT molecular complexity index is 1220. The van der Waals surface area contributed by atoms with Crippen molar-refractivity contribution in [2.45, 2.75) is 32.7 Å². The molecule has 0 fully saturated rings. The normalized spacial score (nSPS) is 11.7. The average Bonchev–Trinajstić information content (AvgIpc) is 3.12. The van der Waals surface area contributed by atoms with Crippen molar-refractivity contribution in [3.8, 4) is 11.4 Å². The van der Waals surface area contributed by atoms with E-state index in [1.54, 1.807) is 18.2 Å². The van der Waals surface area contributed by atoms with E-state index in [1.807, 2.05) is 12.1 Å². The lowest BCUT2D eigenvalue weighted by molar-refractivity contribution is 0.590. The molecular formula is C22H22FN5O. The van der Waals surface area contributed by atoms with E-state index in [-0.39, 0.29) is 29.1 Å². The number of aromatic nitrogens is 4. The maximum atomic E-state index is 13.8. The van der Waals surface area contributed by atoms with E-state index in [0.29, 0.717) is 17.2 Å². The van der Waals surface area contributed by atoms with E-state index in [9.17, 15) is 9.18 Å². The van der Waals surface area contributed by atoms with Crippen molar-refractivity contribution in [3.05, 3.63) is 82.0 Å². The number of hydrogen-bond acceptors (Lipinski definition) is 4. The van der Waals surface area contributed by atoms with Crippen molar-refractivity contribution in [3.63, 3.8) is 0 Å². The first-order chi connectivity index (χ1) is 13.8. The van der Waals surface area contributed by atoms with Gasteiger partial charge in [0.2, 0.25) is 0 Å². The molecule has 0 aliphatic rings. The number of benzene rings is 2. The van der Waals surface area contributed by atoms with Crippen LogP contribution in [0.3, 0.4) is 0 Å². The number of anilines is 1. The fraction of sp³-hybridized carbons (Fsp3) is 0.227. The quantitative estimate of drug-likeness (QED) is 0.548. The van der Waals surface area contributed by atoms with Gasteiger partial charge in [-0.2, -0.15) is 9.50 Å². The van der Waals surface area contributed by atoms with E-state index in [2.05, 4.69) is 53.3 Å². The lowest BCUT2D eigenvalue weighted by Gasteiger charge is -2.18. The third kappa shape index (κ3) is 3.89. The van der Waals surface area contributed by atoms with Gasteiger partial charge in [0.1, 0.15) is 5.82 Å². The topological polar surface area (TPSA) is 75.1 Å². The smallest absolute Gasteiger partial charge is 0.274 e. The molecule has 0 aliphatic heterocycles. The van der Waals surface area contributed by atoms with E-state index >= 15 is 0 Å². The Morgan fingerprint density at radius 1 is 1.07 bits per heavy atom. The molecule has 7 heteroatoms. The maximum Gasteiger partial charge on any atom is 0.274 e. The van der Waals surface area contributed by atoms with Crippen LogP contribution in [-0.2, 0) is 12.0 Å². The van der Waals surface area contributed by atoms with Crippen molar-refractivity contribution in [2.75, 3.05) is 5.32 Å².